The number of pyridine rings is 1. The summed E-state index contributed by atoms with van der Waals surface area (Å²) in [4.78, 5) is 24.0. The zero-order valence-electron chi connectivity index (χ0n) is 7.88. The summed E-state index contributed by atoms with van der Waals surface area (Å²) in [5.74, 6) is -1.09. The van der Waals surface area contributed by atoms with Crippen LogP contribution >= 0.6 is 0 Å². The maximum Gasteiger partial charge on any atom is 0.328 e. The van der Waals surface area contributed by atoms with Crippen molar-refractivity contribution in [3.05, 3.63) is 39.7 Å². The molecular formula is C9H8N2O4. The number of rotatable bonds is 3. The molecule has 1 aromatic heterocycles. The lowest BCUT2D eigenvalue weighted by Gasteiger charge is -1.97. The third-order valence-electron chi connectivity index (χ3n) is 1.67. The van der Waals surface area contributed by atoms with E-state index < -0.39 is 10.9 Å². The Morgan fingerprint density at radius 3 is 2.73 bits per heavy atom. The highest BCUT2D eigenvalue weighted by Gasteiger charge is 2.10. The van der Waals surface area contributed by atoms with Gasteiger partial charge in [0.15, 0.2) is 0 Å². The second kappa shape index (κ2) is 4.32. The van der Waals surface area contributed by atoms with Gasteiger partial charge in [-0.1, -0.05) is 0 Å². The summed E-state index contributed by atoms with van der Waals surface area (Å²) >= 11 is 0. The Labute approximate surface area is 85.0 Å². The molecule has 1 aromatic rings. The van der Waals surface area contributed by atoms with Crippen LogP contribution in [-0.2, 0) is 4.79 Å². The highest BCUT2D eigenvalue weighted by Crippen LogP contribution is 2.15. The lowest BCUT2D eigenvalue weighted by molar-refractivity contribution is -0.385. The lowest BCUT2D eigenvalue weighted by atomic mass is 10.2. The predicted molar refractivity (Wildman–Crippen MR) is 52.3 cm³/mol. The molecule has 1 rings (SSSR count). The van der Waals surface area contributed by atoms with E-state index in [0.717, 1.165) is 6.08 Å². The molecule has 6 heteroatoms. The van der Waals surface area contributed by atoms with Crippen LogP contribution in [-0.4, -0.2) is 21.0 Å². The Balaban J connectivity index is 3.01. The quantitative estimate of drug-likeness (QED) is 0.460. The molecule has 0 saturated heterocycles. The summed E-state index contributed by atoms with van der Waals surface area (Å²) in [6.07, 6.45) is 2.20. The van der Waals surface area contributed by atoms with Gasteiger partial charge in [0.1, 0.15) is 5.69 Å². The zero-order valence-corrected chi connectivity index (χ0v) is 7.88. The van der Waals surface area contributed by atoms with E-state index in [0.29, 0.717) is 5.69 Å². The van der Waals surface area contributed by atoms with Crippen molar-refractivity contribution in [3.8, 4) is 0 Å². The minimum atomic E-state index is -1.09. The fraction of sp³-hybridized carbons (Fsp3) is 0.111. The minimum absolute atomic E-state index is 0.0810. The van der Waals surface area contributed by atoms with Crippen molar-refractivity contribution in [2.75, 3.05) is 0 Å². The first kappa shape index (κ1) is 10.8. The van der Waals surface area contributed by atoms with Gasteiger partial charge >= 0.3 is 5.97 Å². The summed E-state index contributed by atoms with van der Waals surface area (Å²) in [6.45, 7) is 1.50. The van der Waals surface area contributed by atoms with E-state index in [9.17, 15) is 14.9 Å². The number of hydrogen-bond acceptors (Lipinski definition) is 4. The van der Waals surface area contributed by atoms with Gasteiger partial charge in [0.2, 0.25) is 0 Å². The summed E-state index contributed by atoms with van der Waals surface area (Å²) < 4.78 is 0. The number of nitrogens with zero attached hydrogens (tertiary/aromatic N) is 2. The first-order valence-corrected chi connectivity index (χ1v) is 4.04. The molecule has 0 bridgehead atoms. The standard InChI is InChI=1S/C9H8N2O4/c1-6-8(11(14)15)4-2-7(10-6)3-5-9(12)13/h2-5H,1H3,(H,12,13)/b5-3-. The van der Waals surface area contributed by atoms with Crippen LogP contribution in [0.25, 0.3) is 6.08 Å². The summed E-state index contributed by atoms with van der Waals surface area (Å²) in [7, 11) is 0. The molecule has 0 aliphatic heterocycles. The molecule has 0 radical (unpaired) electrons. The van der Waals surface area contributed by atoms with Crippen molar-refractivity contribution in [3.63, 3.8) is 0 Å². The molecule has 0 fully saturated rings. The largest absolute Gasteiger partial charge is 0.478 e. The summed E-state index contributed by atoms with van der Waals surface area (Å²) in [5, 5.41) is 18.8. The van der Waals surface area contributed by atoms with Crippen molar-refractivity contribution in [2.45, 2.75) is 6.92 Å². The van der Waals surface area contributed by atoms with Gasteiger partial charge in [-0.25, -0.2) is 9.78 Å². The van der Waals surface area contributed by atoms with Crippen LogP contribution in [0, 0.1) is 17.0 Å². The molecule has 0 unspecified atom stereocenters. The number of aryl methyl sites for hydroxylation is 1. The Bertz CT molecular complexity index is 440. The molecule has 78 valence electrons. The molecule has 0 saturated carbocycles. The molecule has 0 aliphatic rings. The number of nitro groups is 1. The highest BCUT2D eigenvalue weighted by atomic mass is 16.6. The van der Waals surface area contributed by atoms with Crippen LogP contribution in [0.4, 0.5) is 5.69 Å². The normalized spacial score (nSPS) is 10.5. The van der Waals surface area contributed by atoms with E-state index >= 15 is 0 Å². The predicted octanol–water partition coefficient (Wildman–Crippen LogP) is 1.40. The molecule has 1 N–H and O–H groups in total. The van der Waals surface area contributed by atoms with Crippen LogP contribution < -0.4 is 0 Å². The van der Waals surface area contributed by atoms with Crippen molar-refractivity contribution in [2.24, 2.45) is 0 Å². The van der Waals surface area contributed by atoms with E-state index in [1.54, 1.807) is 0 Å². The number of carboxylic acids is 1. The summed E-state index contributed by atoms with van der Waals surface area (Å²) in [6, 6.07) is 2.69. The Morgan fingerprint density at radius 2 is 2.27 bits per heavy atom. The smallest absolute Gasteiger partial charge is 0.328 e. The average Bonchev–Trinajstić information content (AvgIpc) is 2.14. The minimum Gasteiger partial charge on any atom is -0.478 e. The van der Waals surface area contributed by atoms with Gasteiger partial charge in [-0.2, -0.15) is 0 Å². The second-order valence-electron chi connectivity index (χ2n) is 2.77. The molecular weight excluding hydrogens is 200 g/mol. The molecule has 0 aromatic carbocycles. The summed E-state index contributed by atoms with van der Waals surface area (Å²) in [5.41, 5.74) is 0.551. The number of hydrogen-bond donors (Lipinski definition) is 1. The average molecular weight is 208 g/mol. The third kappa shape index (κ3) is 2.87. The Morgan fingerprint density at radius 1 is 1.60 bits per heavy atom. The Kier molecular flexibility index (Phi) is 3.12. The van der Waals surface area contributed by atoms with Gasteiger partial charge in [0, 0.05) is 12.1 Å². The number of carbonyl (C=O) groups is 1. The van der Waals surface area contributed by atoms with Crippen LogP contribution in [0.5, 0.6) is 0 Å². The van der Waals surface area contributed by atoms with E-state index in [1.807, 2.05) is 0 Å². The first-order chi connectivity index (χ1) is 7.00. The van der Waals surface area contributed by atoms with Crippen molar-refractivity contribution >= 4 is 17.7 Å². The van der Waals surface area contributed by atoms with Gasteiger partial charge in [-0.15, -0.1) is 0 Å². The van der Waals surface area contributed by atoms with Crippen LogP contribution in [0.2, 0.25) is 0 Å². The van der Waals surface area contributed by atoms with E-state index in [4.69, 9.17) is 5.11 Å². The fourth-order valence-corrected chi connectivity index (χ4v) is 1.02. The molecule has 1 heterocycles. The van der Waals surface area contributed by atoms with Gasteiger partial charge in [0.25, 0.3) is 5.69 Å². The van der Waals surface area contributed by atoms with Crippen LogP contribution in [0.15, 0.2) is 18.2 Å². The maximum absolute atomic E-state index is 10.5. The Hall–Kier alpha value is -2.24. The molecule has 0 atom stereocenters. The molecule has 0 spiro atoms. The van der Waals surface area contributed by atoms with Crippen molar-refractivity contribution < 1.29 is 14.8 Å². The first-order valence-electron chi connectivity index (χ1n) is 4.04. The van der Waals surface area contributed by atoms with Gasteiger partial charge in [-0.3, -0.25) is 10.1 Å². The topological polar surface area (TPSA) is 93.3 Å². The van der Waals surface area contributed by atoms with Crippen molar-refractivity contribution in [1.29, 1.82) is 0 Å². The van der Waals surface area contributed by atoms with Crippen LogP contribution in [0.3, 0.4) is 0 Å². The van der Waals surface area contributed by atoms with Crippen molar-refractivity contribution in [1.82, 2.24) is 4.98 Å². The van der Waals surface area contributed by atoms with Gasteiger partial charge in [0.05, 0.1) is 10.6 Å². The third-order valence-corrected chi connectivity index (χ3v) is 1.67. The van der Waals surface area contributed by atoms with Crippen LogP contribution in [0.1, 0.15) is 11.4 Å². The van der Waals surface area contributed by atoms with E-state index in [1.165, 1.54) is 25.1 Å². The molecule has 0 aliphatic carbocycles. The molecule has 6 nitrogen and oxygen atoms in total. The maximum atomic E-state index is 10.5. The fourth-order valence-electron chi connectivity index (χ4n) is 1.02. The molecule has 0 amide bonds. The second-order valence-corrected chi connectivity index (χ2v) is 2.77. The highest BCUT2D eigenvalue weighted by molar-refractivity contribution is 5.84. The number of aromatic nitrogens is 1. The number of carboxylic acid groups (broad SMARTS) is 1. The van der Waals surface area contributed by atoms with E-state index in [2.05, 4.69) is 4.98 Å². The number of aliphatic carboxylic acids is 1. The SMILES string of the molecule is Cc1nc(/C=C\C(=O)O)ccc1[N+](=O)[O-]. The van der Waals surface area contributed by atoms with E-state index in [-0.39, 0.29) is 11.4 Å². The lowest BCUT2D eigenvalue weighted by Crippen LogP contribution is -1.95. The zero-order chi connectivity index (χ0) is 11.4. The van der Waals surface area contributed by atoms with Gasteiger partial charge in [-0.05, 0) is 19.1 Å². The monoisotopic (exact) mass is 208 g/mol. The molecule has 15 heavy (non-hydrogen) atoms. The van der Waals surface area contributed by atoms with Gasteiger partial charge < -0.3 is 5.11 Å².